The molecule has 2 aromatic carbocycles. The highest BCUT2D eigenvalue weighted by Crippen LogP contribution is 2.16. The molecule has 1 amide bonds. The van der Waals surface area contributed by atoms with Gasteiger partial charge in [-0.3, -0.25) is 4.79 Å². The molecule has 0 spiro atoms. The largest absolute Gasteiger partial charge is 0.325 e. The third-order valence-electron chi connectivity index (χ3n) is 3.39. The van der Waals surface area contributed by atoms with Crippen LogP contribution >= 0.6 is 0 Å². The molecular weight excluding hydrogens is 326 g/mol. The highest BCUT2D eigenvalue weighted by molar-refractivity contribution is 7.89. The van der Waals surface area contributed by atoms with Gasteiger partial charge in [-0.25, -0.2) is 13.1 Å². The molecule has 0 aliphatic carbocycles. The Bertz CT molecular complexity index is 915. The smallest absolute Gasteiger partial charge is 0.242 e. The van der Waals surface area contributed by atoms with Crippen LogP contribution in [0.2, 0.25) is 0 Å². The van der Waals surface area contributed by atoms with Crippen LogP contribution in [0.15, 0.2) is 47.4 Å². The predicted molar refractivity (Wildman–Crippen MR) is 90.9 cm³/mol. The Morgan fingerprint density at radius 3 is 2.58 bits per heavy atom. The summed E-state index contributed by atoms with van der Waals surface area (Å²) < 4.78 is 26.7. The summed E-state index contributed by atoms with van der Waals surface area (Å²) in [5, 5.41) is 11.7. The Kier molecular flexibility index (Phi) is 5.34. The lowest BCUT2D eigenvalue weighted by Gasteiger charge is -2.11. The molecule has 0 aliphatic rings. The van der Waals surface area contributed by atoms with Crippen molar-refractivity contribution in [3.8, 4) is 6.07 Å². The Labute approximate surface area is 141 Å². The summed E-state index contributed by atoms with van der Waals surface area (Å²) in [6, 6.07) is 13.3. The third kappa shape index (κ3) is 4.19. The van der Waals surface area contributed by atoms with E-state index in [0.717, 1.165) is 11.1 Å². The van der Waals surface area contributed by atoms with Crippen molar-refractivity contribution in [2.24, 2.45) is 0 Å². The lowest BCUT2D eigenvalue weighted by Crippen LogP contribution is -2.33. The summed E-state index contributed by atoms with van der Waals surface area (Å²) in [6.07, 6.45) is 0. The van der Waals surface area contributed by atoms with Crippen molar-refractivity contribution in [3.63, 3.8) is 0 Å². The molecule has 0 fully saturated rings. The van der Waals surface area contributed by atoms with Gasteiger partial charge in [0.1, 0.15) is 6.07 Å². The number of hydrogen-bond donors (Lipinski definition) is 2. The molecule has 124 valence electrons. The number of carbonyl (C=O) groups is 1. The molecule has 0 heterocycles. The number of nitrogens with one attached hydrogen (secondary N) is 2. The number of rotatable bonds is 5. The monoisotopic (exact) mass is 343 g/mol. The Balaban J connectivity index is 2.08. The summed E-state index contributed by atoms with van der Waals surface area (Å²) >= 11 is 0. The molecule has 24 heavy (non-hydrogen) atoms. The first-order valence-electron chi connectivity index (χ1n) is 7.19. The van der Waals surface area contributed by atoms with Crippen molar-refractivity contribution < 1.29 is 13.2 Å². The number of amides is 1. The van der Waals surface area contributed by atoms with Gasteiger partial charge in [0.15, 0.2) is 0 Å². The van der Waals surface area contributed by atoms with E-state index in [0.29, 0.717) is 5.69 Å². The van der Waals surface area contributed by atoms with Crippen molar-refractivity contribution in [3.05, 3.63) is 59.2 Å². The second-order valence-corrected chi connectivity index (χ2v) is 7.03. The molecule has 7 heteroatoms. The zero-order valence-electron chi connectivity index (χ0n) is 13.3. The van der Waals surface area contributed by atoms with Crippen molar-refractivity contribution >= 4 is 21.6 Å². The average Bonchev–Trinajstić information content (AvgIpc) is 2.56. The van der Waals surface area contributed by atoms with E-state index in [1.54, 1.807) is 6.07 Å². The highest BCUT2D eigenvalue weighted by atomic mass is 32.2. The van der Waals surface area contributed by atoms with Crippen LogP contribution in [0.25, 0.3) is 0 Å². The molecule has 0 aliphatic heterocycles. The maximum absolute atomic E-state index is 12.2. The van der Waals surface area contributed by atoms with Gasteiger partial charge >= 0.3 is 0 Å². The van der Waals surface area contributed by atoms with Crippen molar-refractivity contribution in [1.29, 1.82) is 5.26 Å². The van der Waals surface area contributed by atoms with E-state index >= 15 is 0 Å². The zero-order valence-corrected chi connectivity index (χ0v) is 14.1. The predicted octanol–water partition coefficient (Wildman–Crippen LogP) is 2.09. The third-order valence-corrected chi connectivity index (χ3v) is 4.85. The average molecular weight is 343 g/mol. The number of anilines is 1. The van der Waals surface area contributed by atoms with E-state index in [2.05, 4.69) is 10.0 Å². The number of carbonyl (C=O) groups excluding carboxylic acids is 1. The first-order chi connectivity index (χ1) is 11.3. The van der Waals surface area contributed by atoms with Crippen molar-refractivity contribution in [2.75, 3.05) is 11.9 Å². The molecule has 0 aromatic heterocycles. The Morgan fingerprint density at radius 2 is 1.88 bits per heavy atom. The highest BCUT2D eigenvalue weighted by Gasteiger charge is 2.19. The minimum Gasteiger partial charge on any atom is -0.325 e. The van der Waals surface area contributed by atoms with Crippen LogP contribution in [0.4, 0.5) is 5.69 Å². The van der Waals surface area contributed by atoms with Crippen LogP contribution in [0.5, 0.6) is 0 Å². The molecule has 0 unspecified atom stereocenters. The van der Waals surface area contributed by atoms with Crippen molar-refractivity contribution in [1.82, 2.24) is 4.72 Å². The molecule has 2 rings (SSSR count). The lowest BCUT2D eigenvalue weighted by atomic mass is 10.1. The summed E-state index contributed by atoms with van der Waals surface area (Å²) in [5.74, 6) is -0.485. The van der Waals surface area contributed by atoms with Crippen LogP contribution in [-0.4, -0.2) is 20.9 Å². The zero-order chi connectivity index (χ0) is 17.7. The Hall–Kier alpha value is -2.69. The number of aryl methyl sites for hydroxylation is 2. The summed E-state index contributed by atoms with van der Waals surface area (Å²) in [4.78, 5) is 11.9. The van der Waals surface area contributed by atoms with Crippen LogP contribution < -0.4 is 10.0 Å². The maximum Gasteiger partial charge on any atom is 0.242 e. The van der Waals surface area contributed by atoms with E-state index in [-0.39, 0.29) is 10.5 Å². The second-order valence-electron chi connectivity index (χ2n) is 5.30. The summed E-state index contributed by atoms with van der Waals surface area (Å²) in [5.41, 5.74) is 2.53. The van der Waals surface area contributed by atoms with E-state index in [1.165, 1.54) is 18.2 Å². The SMILES string of the molecule is Cc1ccc(C)c(NC(=O)CNS(=O)(=O)c2ccccc2C#N)c1. The minimum absolute atomic E-state index is 0.0277. The van der Waals surface area contributed by atoms with Gasteiger partial charge in [-0.15, -0.1) is 0 Å². The van der Waals surface area contributed by atoms with Gasteiger partial charge in [0.2, 0.25) is 15.9 Å². The normalized spacial score (nSPS) is 10.9. The van der Waals surface area contributed by atoms with Gasteiger partial charge < -0.3 is 5.32 Å². The summed E-state index contributed by atoms with van der Waals surface area (Å²) in [7, 11) is -3.94. The molecule has 0 saturated heterocycles. The number of nitriles is 1. The van der Waals surface area contributed by atoms with Crippen LogP contribution in [0.3, 0.4) is 0 Å². The Morgan fingerprint density at radius 1 is 1.17 bits per heavy atom. The topological polar surface area (TPSA) is 99.1 Å². The molecule has 0 bridgehead atoms. The maximum atomic E-state index is 12.2. The van der Waals surface area contributed by atoms with Crippen LogP contribution in [-0.2, 0) is 14.8 Å². The second kappa shape index (κ2) is 7.25. The molecule has 0 atom stereocenters. The summed E-state index contributed by atoms with van der Waals surface area (Å²) in [6.45, 7) is 3.33. The lowest BCUT2D eigenvalue weighted by molar-refractivity contribution is -0.115. The van der Waals surface area contributed by atoms with Gasteiger partial charge in [0, 0.05) is 5.69 Å². The molecule has 2 N–H and O–H groups in total. The van der Waals surface area contributed by atoms with Crippen molar-refractivity contribution in [2.45, 2.75) is 18.7 Å². The van der Waals surface area contributed by atoms with Gasteiger partial charge in [-0.2, -0.15) is 5.26 Å². The van der Waals surface area contributed by atoms with E-state index < -0.39 is 22.5 Å². The number of nitrogens with zero attached hydrogens (tertiary/aromatic N) is 1. The fourth-order valence-electron chi connectivity index (χ4n) is 2.10. The van der Waals surface area contributed by atoms with Gasteiger partial charge in [-0.1, -0.05) is 24.3 Å². The first-order valence-corrected chi connectivity index (χ1v) is 8.67. The fourth-order valence-corrected chi connectivity index (χ4v) is 3.23. The molecule has 0 radical (unpaired) electrons. The number of benzene rings is 2. The van der Waals surface area contributed by atoms with Gasteiger partial charge in [0.05, 0.1) is 17.0 Å². The molecule has 0 saturated carbocycles. The van der Waals surface area contributed by atoms with Crippen LogP contribution in [0, 0.1) is 25.2 Å². The minimum atomic E-state index is -3.94. The van der Waals surface area contributed by atoms with Gasteiger partial charge in [-0.05, 0) is 43.2 Å². The first kappa shape index (κ1) is 17.7. The fraction of sp³-hybridized carbons (Fsp3) is 0.176. The van der Waals surface area contributed by atoms with E-state index in [1.807, 2.05) is 38.1 Å². The standard InChI is InChI=1S/C17H17N3O3S/c1-12-7-8-13(2)15(9-12)20-17(21)11-19-24(22,23)16-6-4-3-5-14(16)10-18/h3-9,19H,11H2,1-2H3,(H,20,21). The molecule has 2 aromatic rings. The number of hydrogen-bond acceptors (Lipinski definition) is 4. The van der Waals surface area contributed by atoms with E-state index in [9.17, 15) is 13.2 Å². The van der Waals surface area contributed by atoms with E-state index in [4.69, 9.17) is 5.26 Å². The van der Waals surface area contributed by atoms with Gasteiger partial charge in [0.25, 0.3) is 0 Å². The molecular formula is C17H17N3O3S. The van der Waals surface area contributed by atoms with Crippen LogP contribution in [0.1, 0.15) is 16.7 Å². The molecule has 6 nitrogen and oxygen atoms in total. The quantitative estimate of drug-likeness (QED) is 0.868. The number of sulfonamides is 1.